The maximum atomic E-state index is 11.8. The Morgan fingerprint density at radius 2 is 1.97 bits per heavy atom. The molecule has 29 heavy (non-hydrogen) atoms. The Morgan fingerprint density at radius 3 is 2.66 bits per heavy atom. The lowest BCUT2D eigenvalue weighted by atomic mass is 9.87. The predicted molar refractivity (Wildman–Crippen MR) is 103 cm³/mol. The molecule has 0 bridgehead atoms. The van der Waals surface area contributed by atoms with E-state index in [1.54, 1.807) is 0 Å². The van der Waals surface area contributed by atoms with E-state index in [1.807, 2.05) is 13.8 Å². The van der Waals surface area contributed by atoms with E-state index in [2.05, 4.69) is 13.0 Å². The summed E-state index contributed by atoms with van der Waals surface area (Å²) in [4.78, 5) is 11.8. The summed E-state index contributed by atoms with van der Waals surface area (Å²) in [6.45, 7) is 5.53. The third-order valence-electron chi connectivity index (χ3n) is 6.70. The molecule has 2 aliphatic heterocycles. The minimum absolute atomic E-state index is 0.0114. The molecular weight excluding hydrogens is 380 g/mol. The van der Waals surface area contributed by atoms with Gasteiger partial charge in [-0.2, -0.15) is 0 Å². The molecular formula is C21H34O8. The minimum Gasteiger partial charge on any atom is -0.462 e. The van der Waals surface area contributed by atoms with Crippen LogP contribution in [0, 0.1) is 17.8 Å². The van der Waals surface area contributed by atoms with Crippen molar-refractivity contribution in [2.75, 3.05) is 6.61 Å². The van der Waals surface area contributed by atoms with Gasteiger partial charge in [0.2, 0.25) is 0 Å². The molecule has 3 aliphatic rings. The van der Waals surface area contributed by atoms with Gasteiger partial charge in [-0.25, -0.2) is 0 Å². The van der Waals surface area contributed by atoms with Gasteiger partial charge in [0.1, 0.15) is 30.5 Å². The zero-order valence-electron chi connectivity index (χ0n) is 17.3. The lowest BCUT2D eigenvalue weighted by Gasteiger charge is -2.41. The van der Waals surface area contributed by atoms with Gasteiger partial charge in [0, 0.05) is 5.92 Å². The first-order chi connectivity index (χ1) is 13.7. The van der Waals surface area contributed by atoms with Crippen LogP contribution in [0.4, 0.5) is 0 Å². The summed E-state index contributed by atoms with van der Waals surface area (Å²) in [7, 11) is 0. The minimum atomic E-state index is -1.55. The van der Waals surface area contributed by atoms with Gasteiger partial charge < -0.3 is 34.6 Å². The Labute approximate surface area is 171 Å². The molecule has 8 heteroatoms. The van der Waals surface area contributed by atoms with Crippen molar-refractivity contribution in [3.8, 4) is 0 Å². The number of fused-ring (bicyclic) bond motifs is 1. The Hall–Kier alpha value is -1.03. The predicted octanol–water partition coefficient (Wildman–Crippen LogP) is 0.506. The summed E-state index contributed by atoms with van der Waals surface area (Å²) in [6, 6.07) is 0. The molecule has 0 aromatic carbocycles. The van der Waals surface area contributed by atoms with Crippen molar-refractivity contribution >= 4 is 5.97 Å². The lowest BCUT2D eigenvalue weighted by Crippen LogP contribution is -2.60. The highest BCUT2D eigenvalue weighted by Gasteiger charge is 2.45. The maximum absolute atomic E-state index is 11.8. The number of carbonyl (C=O) groups is 1. The fraction of sp³-hybridized carbons (Fsp3) is 0.857. The van der Waals surface area contributed by atoms with Crippen LogP contribution < -0.4 is 0 Å². The maximum Gasteiger partial charge on any atom is 0.309 e. The van der Waals surface area contributed by atoms with Crippen molar-refractivity contribution in [3.05, 3.63) is 11.6 Å². The zero-order valence-corrected chi connectivity index (χ0v) is 17.3. The van der Waals surface area contributed by atoms with E-state index >= 15 is 0 Å². The highest BCUT2D eigenvalue weighted by molar-refractivity contribution is 5.74. The molecule has 2 heterocycles. The topological polar surface area (TPSA) is 126 Å². The average Bonchev–Trinajstić information content (AvgIpc) is 2.85. The number of rotatable bonds is 6. The van der Waals surface area contributed by atoms with E-state index < -0.39 is 37.3 Å². The van der Waals surface area contributed by atoms with Crippen LogP contribution in [0.3, 0.4) is 0 Å². The Balaban J connectivity index is 1.55. The number of aliphatic hydroxyl groups excluding tert-OH is 4. The first-order valence-corrected chi connectivity index (χ1v) is 10.6. The second-order valence-corrected chi connectivity index (χ2v) is 8.76. The summed E-state index contributed by atoms with van der Waals surface area (Å²) in [5.41, 5.74) is 1.31. The van der Waals surface area contributed by atoms with Crippen LogP contribution in [-0.2, 0) is 19.0 Å². The van der Waals surface area contributed by atoms with Gasteiger partial charge in [-0.15, -0.1) is 0 Å². The highest BCUT2D eigenvalue weighted by atomic mass is 16.7. The first-order valence-electron chi connectivity index (χ1n) is 10.6. The standard InChI is InChI=1S/C21H34O8/c1-10-8-15-14(12(3)20(25)28-15)7-6-13(10)5-4-11(2)27-19-16(9-22)29-21(26)18(24)17(19)23/h6,10-12,14-19,21-24,26H,4-5,7-9H2,1-3H3/t10-,11+,12-,14+,15+,16-,17+,18-,19+,21-/m0/s1. The molecule has 0 aromatic heterocycles. The molecule has 10 atom stereocenters. The molecule has 3 rings (SSSR count). The van der Waals surface area contributed by atoms with Gasteiger partial charge in [0.05, 0.1) is 18.6 Å². The molecule has 2 fully saturated rings. The quantitative estimate of drug-likeness (QED) is 0.366. The molecule has 2 saturated heterocycles. The number of ether oxygens (including phenoxy) is 3. The van der Waals surface area contributed by atoms with Crippen LogP contribution in [0.25, 0.3) is 0 Å². The molecule has 0 unspecified atom stereocenters. The number of aliphatic hydroxyl groups is 4. The molecule has 8 nitrogen and oxygen atoms in total. The summed E-state index contributed by atoms with van der Waals surface area (Å²) < 4.78 is 16.6. The number of hydrogen-bond donors (Lipinski definition) is 4. The van der Waals surface area contributed by atoms with Gasteiger partial charge >= 0.3 is 5.97 Å². The van der Waals surface area contributed by atoms with Crippen LogP contribution in [0.1, 0.15) is 46.5 Å². The Morgan fingerprint density at radius 1 is 1.24 bits per heavy atom. The lowest BCUT2D eigenvalue weighted by molar-refractivity contribution is -0.299. The number of carbonyl (C=O) groups excluding carboxylic acids is 1. The van der Waals surface area contributed by atoms with Gasteiger partial charge in [-0.1, -0.05) is 25.5 Å². The summed E-state index contributed by atoms with van der Waals surface area (Å²) >= 11 is 0. The van der Waals surface area contributed by atoms with Crippen molar-refractivity contribution in [1.29, 1.82) is 0 Å². The van der Waals surface area contributed by atoms with Crippen molar-refractivity contribution in [2.24, 2.45) is 17.8 Å². The largest absolute Gasteiger partial charge is 0.462 e. The number of allylic oxidation sites excluding steroid dienone is 2. The summed E-state index contributed by atoms with van der Waals surface area (Å²) in [6.07, 6.45) is -1.07. The van der Waals surface area contributed by atoms with E-state index in [0.29, 0.717) is 12.3 Å². The van der Waals surface area contributed by atoms with E-state index in [4.69, 9.17) is 14.2 Å². The smallest absolute Gasteiger partial charge is 0.309 e. The van der Waals surface area contributed by atoms with Crippen LogP contribution in [0.2, 0.25) is 0 Å². The van der Waals surface area contributed by atoms with Gasteiger partial charge in [-0.3, -0.25) is 4.79 Å². The molecule has 0 radical (unpaired) electrons. The number of esters is 1. The fourth-order valence-corrected chi connectivity index (χ4v) is 4.70. The highest BCUT2D eigenvalue weighted by Crippen LogP contribution is 2.40. The molecule has 1 aliphatic carbocycles. The Bertz CT molecular complexity index is 605. The van der Waals surface area contributed by atoms with Gasteiger partial charge in [0.15, 0.2) is 6.29 Å². The fourth-order valence-electron chi connectivity index (χ4n) is 4.70. The first kappa shape index (κ1) is 22.7. The van der Waals surface area contributed by atoms with E-state index in [9.17, 15) is 25.2 Å². The number of hydrogen-bond acceptors (Lipinski definition) is 8. The van der Waals surface area contributed by atoms with E-state index in [-0.39, 0.29) is 30.0 Å². The molecule has 0 spiro atoms. The zero-order chi connectivity index (χ0) is 21.3. The SMILES string of the molecule is C[C@H](CCC1=CC[C@@H]2[C@H](C)C(=O)O[C@@H]2C[C@@H]1C)O[C@H]1[C@H](O)[C@H](O)[C@@H](O)O[C@H]1CO. The summed E-state index contributed by atoms with van der Waals surface area (Å²) in [5, 5.41) is 39.1. The molecule has 0 aromatic rings. The second kappa shape index (κ2) is 9.41. The summed E-state index contributed by atoms with van der Waals surface area (Å²) in [5.74, 6) is 0.394. The van der Waals surface area contributed by atoms with Gasteiger partial charge in [0.25, 0.3) is 0 Å². The van der Waals surface area contributed by atoms with Crippen molar-refractivity contribution in [2.45, 2.75) is 89.4 Å². The third-order valence-corrected chi connectivity index (χ3v) is 6.70. The van der Waals surface area contributed by atoms with Crippen molar-refractivity contribution < 1.29 is 39.4 Å². The van der Waals surface area contributed by atoms with Gasteiger partial charge in [-0.05, 0) is 38.5 Å². The third kappa shape index (κ3) is 4.84. The molecule has 166 valence electrons. The van der Waals surface area contributed by atoms with Crippen molar-refractivity contribution in [3.63, 3.8) is 0 Å². The van der Waals surface area contributed by atoms with Crippen molar-refractivity contribution in [1.82, 2.24) is 0 Å². The van der Waals surface area contributed by atoms with E-state index in [1.165, 1.54) is 5.57 Å². The average molecular weight is 414 g/mol. The second-order valence-electron chi connectivity index (χ2n) is 8.76. The molecule has 0 amide bonds. The van der Waals surface area contributed by atoms with Crippen LogP contribution >= 0.6 is 0 Å². The Kier molecular flexibility index (Phi) is 7.35. The van der Waals surface area contributed by atoms with Crippen LogP contribution in [0.5, 0.6) is 0 Å². The van der Waals surface area contributed by atoms with E-state index in [0.717, 1.165) is 19.3 Å². The van der Waals surface area contributed by atoms with Crippen LogP contribution in [0.15, 0.2) is 11.6 Å². The normalized spacial score (nSPS) is 43.9. The molecule has 0 saturated carbocycles. The molecule has 4 N–H and O–H groups in total. The van der Waals surface area contributed by atoms with Crippen LogP contribution in [-0.4, -0.2) is 75.9 Å². The monoisotopic (exact) mass is 414 g/mol.